The number of nitrogens with one attached hydrogen (secondary N) is 1. The molecule has 0 bridgehead atoms. The maximum absolute atomic E-state index is 13.0. The first-order chi connectivity index (χ1) is 7.84. The molecular formula is C9H12FN3O4. The van der Waals surface area contributed by atoms with Crippen molar-refractivity contribution in [3.63, 3.8) is 0 Å². The summed E-state index contributed by atoms with van der Waals surface area (Å²) in [6, 6.07) is 0. The van der Waals surface area contributed by atoms with Crippen molar-refractivity contribution in [1.82, 2.24) is 14.5 Å². The molecule has 94 valence electrons. The molecule has 0 saturated carbocycles. The second kappa shape index (κ2) is 4.81. The van der Waals surface area contributed by atoms with Crippen molar-refractivity contribution < 1.29 is 14.3 Å². The highest BCUT2D eigenvalue weighted by Crippen LogP contribution is 2.07. The van der Waals surface area contributed by atoms with Crippen LogP contribution in [0, 0.1) is 5.82 Å². The van der Waals surface area contributed by atoms with Crippen LogP contribution in [0.2, 0.25) is 0 Å². The van der Waals surface area contributed by atoms with E-state index in [4.69, 9.17) is 0 Å². The van der Waals surface area contributed by atoms with Crippen LogP contribution in [0.15, 0.2) is 9.59 Å². The number of nitrogens with zero attached hydrogens (tertiary/aromatic N) is 2. The van der Waals surface area contributed by atoms with Crippen molar-refractivity contribution >= 4 is 5.91 Å². The molecule has 0 aromatic carbocycles. The lowest BCUT2D eigenvalue weighted by molar-refractivity contribution is -0.128. The van der Waals surface area contributed by atoms with Crippen molar-refractivity contribution in [3.8, 4) is 5.88 Å². The molecule has 0 aliphatic heterocycles. The predicted octanol–water partition coefficient (Wildman–Crippen LogP) is -1.14. The maximum Gasteiger partial charge on any atom is 0.331 e. The Morgan fingerprint density at radius 2 is 2.06 bits per heavy atom. The van der Waals surface area contributed by atoms with Gasteiger partial charge in [-0.15, -0.1) is 0 Å². The molecule has 1 aromatic rings. The largest absolute Gasteiger partial charge is 0.492 e. The zero-order valence-electron chi connectivity index (χ0n) is 9.36. The van der Waals surface area contributed by atoms with Crippen LogP contribution in [-0.2, 0) is 11.3 Å². The monoisotopic (exact) mass is 245 g/mol. The predicted molar refractivity (Wildman–Crippen MR) is 56.3 cm³/mol. The molecule has 0 aliphatic rings. The van der Waals surface area contributed by atoms with Crippen molar-refractivity contribution in [3.05, 3.63) is 26.7 Å². The van der Waals surface area contributed by atoms with Gasteiger partial charge in [0.1, 0.15) is 0 Å². The molecule has 1 rings (SSSR count). The van der Waals surface area contributed by atoms with Gasteiger partial charge in [0.25, 0.3) is 5.56 Å². The third-order valence-electron chi connectivity index (χ3n) is 2.17. The van der Waals surface area contributed by atoms with E-state index in [0.29, 0.717) is 4.57 Å². The summed E-state index contributed by atoms with van der Waals surface area (Å²) < 4.78 is 13.6. The molecule has 0 fully saturated rings. The highest BCUT2D eigenvalue weighted by atomic mass is 19.1. The van der Waals surface area contributed by atoms with Crippen molar-refractivity contribution in [1.29, 1.82) is 0 Å². The van der Waals surface area contributed by atoms with Gasteiger partial charge in [-0.25, -0.2) is 4.79 Å². The standard InChI is InChI=1S/C9H12FN3O4/c1-12(2)5(14)3-4-13-8(16)6(10)7(15)11-9(13)17/h16H,3-4H2,1-2H3,(H,11,15,17). The van der Waals surface area contributed by atoms with Crippen LogP contribution < -0.4 is 11.2 Å². The van der Waals surface area contributed by atoms with Crippen LogP contribution in [-0.4, -0.2) is 39.6 Å². The Bertz CT molecular complexity index is 546. The Hall–Kier alpha value is -2.12. The molecule has 2 N–H and O–H groups in total. The molecule has 0 spiro atoms. The topological polar surface area (TPSA) is 95.4 Å². The first-order valence-corrected chi connectivity index (χ1v) is 4.76. The molecule has 0 saturated heterocycles. The normalized spacial score (nSPS) is 10.3. The fraction of sp³-hybridized carbons (Fsp3) is 0.444. The van der Waals surface area contributed by atoms with Gasteiger partial charge in [0.05, 0.1) is 0 Å². The molecule has 7 nitrogen and oxygen atoms in total. The van der Waals surface area contributed by atoms with E-state index in [-0.39, 0.29) is 18.9 Å². The summed E-state index contributed by atoms with van der Waals surface area (Å²) in [4.78, 5) is 36.3. The Morgan fingerprint density at radius 3 is 2.59 bits per heavy atom. The van der Waals surface area contributed by atoms with Gasteiger partial charge >= 0.3 is 5.69 Å². The number of H-pyrrole nitrogens is 1. The van der Waals surface area contributed by atoms with Gasteiger partial charge in [-0.3, -0.25) is 19.1 Å². The molecule has 0 radical (unpaired) electrons. The molecule has 1 amide bonds. The van der Waals surface area contributed by atoms with Crippen LogP contribution in [0.4, 0.5) is 4.39 Å². The number of aromatic hydroxyl groups is 1. The lowest BCUT2D eigenvalue weighted by atomic mass is 10.3. The molecule has 8 heteroatoms. The molecule has 17 heavy (non-hydrogen) atoms. The molecule has 1 heterocycles. The highest BCUT2D eigenvalue weighted by molar-refractivity contribution is 5.75. The first-order valence-electron chi connectivity index (χ1n) is 4.76. The zero-order valence-corrected chi connectivity index (χ0v) is 9.36. The van der Waals surface area contributed by atoms with E-state index in [1.807, 2.05) is 0 Å². The number of aromatic amines is 1. The Morgan fingerprint density at radius 1 is 1.47 bits per heavy atom. The summed E-state index contributed by atoms with van der Waals surface area (Å²) in [6.45, 7) is -0.213. The van der Waals surface area contributed by atoms with E-state index in [0.717, 1.165) is 0 Å². The van der Waals surface area contributed by atoms with E-state index in [1.165, 1.54) is 19.0 Å². The summed E-state index contributed by atoms with van der Waals surface area (Å²) in [7, 11) is 3.05. The quantitative estimate of drug-likeness (QED) is 0.703. The lowest BCUT2D eigenvalue weighted by Gasteiger charge is -2.11. The molecule has 1 aromatic heterocycles. The lowest BCUT2D eigenvalue weighted by Crippen LogP contribution is -2.33. The molecule has 0 aliphatic carbocycles. The van der Waals surface area contributed by atoms with Gasteiger partial charge in [-0.2, -0.15) is 4.39 Å². The van der Waals surface area contributed by atoms with E-state index in [1.54, 1.807) is 4.98 Å². The Balaban J connectivity index is 3.01. The summed E-state index contributed by atoms with van der Waals surface area (Å²) in [6.07, 6.45) is -0.0913. The van der Waals surface area contributed by atoms with Crippen LogP contribution in [0.1, 0.15) is 6.42 Å². The Labute approximate surface area is 95.1 Å². The van der Waals surface area contributed by atoms with E-state index in [9.17, 15) is 23.9 Å². The highest BCUT2D eigenvalue weighted by Gasteiger charge is 2.14. The van der Waals surface area contributed by atoms with Gasteiger partial charge in [0.2, 0.25) is 17.6 Å². The molecule has 0 atom stereocenters. The van der Waals surface area contributed by atoms with Crippen LogP contribution in [0.5, 0.6) is 5.88 Å². The van der Waals surface area contributed by atoms with Crippen LogP contribution >= 0.6 is 0 Å². The van der Waals surface area contributed by atoms with Crippen molar-refractivity contribution in [2.45, 2.75) is 13.0 Å². The van der Waals surface area contributed by atoms with Gasteiger partial charge < -0.3 is 10.0 Å². The van der Waals surface area contributed by atoms with E-state index in [2.05, 4.69) is 0 Å². The minimum absolute atomic E-state index is 0.0913. The van der Waals surface area contributed by atoms with Gasteiger partial charge in [-0.05, 0) is 0 Å². The van der Waals surface area contributed by atoms with Gasteiger partial charge in [0, 0.05) is 27.1 Å². The first kappa shape index (κ1) is 12.9. The summed E-state index contributed by atoms with van der Waals surface area (Å²) in [5.41, 5.74) is -2.25. The van der Waals surface area contributed by atoms with Gasteiger partial charge in [-0.1, -0.05) is 0 Å². The average molecular weight is 245 g/mol. The number of hydrogen-bond donors (Lipinski definition) is 2. The fourth-order valence-corrected chi connectivity index (χ4v) is 1.17. The second-order valence-corrected chi connectivity index (χ2v) is 3.59. The third kappa shape index (κ3) is 2.71. The number of halogens is 1. The van der Waals surface area contributed by atoms with E-state index < -0.39 is 22.9 Å². The van der Waals surface area contributed by atoms with Crippen LogP contribution in [0.3, 0.4) is 0 Å². The number of carbonyl (C=O) groups is 1. The minimum Gasteiger partial charge on any atom is -0.492 e. The SMILES string of the molecule is CN(C)C(=O)CCn1c(O)c(F)c(=O)[nH]c1=O. The smallest absolute Gasteiger partial charge is 0.331 e. The number of aromatic nitrogens is 2. The summed E-state index contributed by atoms with van der Waals surface area (Å²) in [5.74, 6) is -2.80. The average Bonchev–Trinajstić information content (AvgIpc) is 2.25. The number of hydrogen-bond acceptors (Lipinski definition) is 4. The number of amides is 1. The Kier molecular flexibility index (Phi) is 3.66. The maximum atomic E-state index is 13.0. The van der Waals surface area contributed by atoms with Gasteiger partial charge in [0.15, 0.2) is 0 Å². The minimum atomic E-state index is -1.44. The molecular weight excluding hydrogens is 233 g/mol. The third-order valence-corrected chi connectivity index (χ3v) is 2.17. The summed E-state index contributed by atoms with van der Waals surface area (Å²) >= 11 is 0. The number of carbonyl (C=O) groups excluding carboxylic acids is 1. The van der Waals surface area contributed by atoms with Crippen molar-refractivity contribution in [2.24, 2.45) is 0 Å². The fourth-order valence-electron chi connectivity index (χ4n) is 1.17. The zero-order chi connectivity index (χ0) is 13.2. The van der Waals surface area contributed by atoms with Crippen molar-refractivity contribution in [2.75, 3.05) is 14.1 Å². The second-order valence-electron chi connectivity index (χ2n) is 3.59. The van der Waals surface area contributed by atoms with E-state index >= 15 is 0 Å². The van der Waals surface area contributed by atoms with Crippen LogP contribution in [0.25, 0.3) is 0 Å². The molecule has 0 unspecified atom stereocenters. The summed E-state index contributed by atoms with van der Waals surface area (Å²) in [5, 5.41) is 9.25. The number of rotatable bonds is 3.